The van der Waals surface area contributed by atoms with Crippen LogP contribution in [0.2, 0.25) is 0 Å². The average Bonchev–Trinajstić information content (AvgIpc) is 2.35. The highest BCUT2D eigenvalue weighted by Gasteiger charge is 2.46. The molecule has 0 radical (unpaired) electrons. The molecule has 96 valence electrons. The van der Waals surface area contributed by atoms with Gasteiger partial charge in [-0.1, -0.05) is 23.8 Å². The molecule has 0 bridgehead atoms. The van der Waals surface area contributed by atoms with Gasteiger partial charge < -0.3 is 15.2 Å². The largest absolute Gasteiger partial charge is 0.508 e. The summed E-state index contributed by atoms with van der Waals surface area (Å²) in [4.78, 5) is 0. The normalized spacial score (nSPS) is 18.2. The molecule has 0 aromatic heterocycles. The van der Waals surface area contributed by atoms with E-state index in [9.17, 15) is 5.11 Å². The maximum atomic E-state index is 9.65. The second-order valence-corrected chi connectivity index (χ2v) is 5.43. The zero-order valence-corrected chi connectivity index (χ0v) is 10.7. The molecular weight excluding hydrogens is 238 g/mol. The first-order valence-electron chi connectivity index (χ1n) is 6.52. The predicted molar refractivity (Wildman–Crippen MR) is 73.5 cm³/mol. The predicted octanol–water partition coefficient (Wildman–Crippen LogP) is 2.56. The maximum absolute atomic E-state index is 9.65. The van der Waals surface area contributed by atoms with E-state index in [1.807, 2.05) is 6.07 Å². The van der Waals surface area contributed by atoms with E-state index in [0.717, 1.165) is 24.4 Å². The van der Waals surface area contributed by atoms with Gasteiger partial charge in [0, 0.05) is 30.3 Å². The summed E-state index contributed by atoms with van der Waals surface area (Å²) in [7, 11) is 0. The number of benzene rings is 2. The summed E-state index contributed by atoms with van der Waals surface area (Å²) in [6, 6.07) is 11.8. The summed E-state index contributed by atoms with van der Waals surface area (Å²) in [5, 5.41) is 12.9. The summed E-state index contributed by atoms with van der Waals surface area (Å²) in [5.41, 5.74) is 4.52. The lowest BCUT2D eigenvalue weighted by atomic mass is 9.79. The second kappa shape index (κ2) is 3.52. The molecule has 1 fully saturated rings. The monoisotopic (exact) mass is 253 g/mol. The highest BCUT2D eigenvalue weighted by Crippen LogP contribution is 2.47. The van der Waals surface area contributed by atoms with Gasteiger partial charge in [-0.15, -0.1) is 0 Å². The van der Waals surface area contributed by atoms with Gasteiger partial charge >= 0.3 is 0 Å². The SMILES string of the molecule is Cc1ccc2c(c1)C1(CNC1)Oc1cc(O)ccc1-2. The Morgan fingerprint density at radius 3 is 2.63 bits per heavy atom. The summed E-state index contributed by atoms with van der Waals surface area (Å²) >= 11 is 0. The maximum Gasteiger partial charge on any atom is 0.159 e. The molecule has 0 atom stereocenters. The Hall–Kier alpha value is -2.00. The number of phenolic OH excluding ortho intramolecular Hbond substituents is 1. The van der Waals surface area contributed by atoms with Crippen LogP contribution in [0.15, 0.2) is 36.4 Å². The van der Waals surface area contributed by atoms with Gasteiger partial charge in [0.2, 0.25) is 0 Å². The van der Waals surface area contributed by atoms with Crippen molar-refractivity contribution in [2.24, 2.45) is 0 Å². The van der Waals surface area contributed by atoms with Crippen molar-refractivity contribution in [2.45, 2.75) is 12.5 Å². The number of ether oxygens (including phenoxy) is 1. The van der Waals surface area contributed by atoms with E-state index in [1.165, 1.54) is 16.7 Å². The molecule has 3 heteroatoms. The van der Waals surface area contributed by atoms with E-state index < -0.39 is 0 Å². The van der Waals surface area contributed by atoms with Crippen molar-refractivity contribution >= 4 is 0 Å². The number of nitrogens with one attached hydrogen (secondary N) is 1. The molecule has 4 rings (SSSR count). The Bertz CT molecular complexity index is 674. The minimum absolute atomic E-state index is 0.247. The fourth-order valence-electron chi connectivity index (χ4n) is 2.97. The fourth-order valence-corrected chi connectivity index (χ4v) is 2.97. The van der Waals surface area contributed by atoms with E-state index in [4.69, 9.17) is 4.74 Å². The summed E-state index contributed by atoms with van der Waals surface area (Å²) in [6.07, 6.45) is 0. The van der Waals surface area contributed by atoms with E-state index in [-0.39, 0.29) is 11.4 Å². The summed E-state index contributed by atoms with van der Waals surface area (Å²) in [5.74, 6) is 1.02. The van der Waals surface area contributed by atoms with Crippen LogP contribution in [0.4, 0.5) is 0 Å². The number of rotatable bonds is 0. The van der Waals surface area contributed by atoms with Crippen molar-refractivity contribution < 1.29 is 9.84 Å². The van der Waals surface area contributed by atoms with Crippen LogP contribution in [0, 0.1) is 6.92 Å². The van der Waals surface area contributed by atoms with Gasteiger partial charge in [0.15, 0.2) is 5.60 Å². The van der Waals surface area contributed by atoms with Crippen molar-refractivity contribution in [1.82, 2.24) is 5.32 Å². The topological polar surface area (TPSA) is 41.5 Å². The van der Waals surface area contributed by atoms with E-state index in [0.29, 0.717) is 0 Å². The van der Waals surface area contributed by atoms with Crippen molar-refractivity contribution in [2.75, 3.05) is 13.1 Å². The number of phenols is 1. The van der Waals surface area contributed by atoms with Crippen LogP contribution in [0.5, 0.6) is 11.5 Å². The molecule has 2 heterocycles. The first-order valence-corrected chi connectivity index (χ1v) is 6.52. The molecule has 0 amide bonds. The Morgan fingerprint density at radius 1 is 1.11 bits per heavy atom. The number of hydrogen-bond acceptors (Lipinski definition) is 3. The fraction of sp³-hybridized carbons (Fsp3) is 0.250. The molecule has 19 heavy (non-hydrogen) atoms. The highest BCUT2D eigenvalue weighted by molar-refractivity contribution is 5.78. The van der Waals surface area contributed by atoms with Crippen molar-refractivity contribution in [3.8, 4) is 22.6 Å². The first kappa shape index (κ1) is 10.9. The Labute approximate surface area is 111 Å². The quantitative estimate of drug-likeness (QED) is 0.758. The molecule has 0 aliphatic carbocycles. The lowest BCUT2D eigenvalue weighted by molar-refractivity contribution is 0.00966. The van der Waals surface area contributed by atoms with Gasteiger partial charge in [-0.2, -0.15) is 0 Å². The minimum Gasteiger partial charge on any atom is -0.508 e. The average molecular weight is 253 g/mol. The molecule has 0 saturated carbocycles. The zero-order valence-electron chi connectivity index (χ0n) is 10.7. The van der Waals surface area contributed by atoms with Crippen molar-refractivity contribution in [3.05, 3.63) is 47.5 Å². The lowest BCUT2D eigenvalue weighted by Crippen LogP contribution is -2.61. The molecule has 2 N–H and O–H groups in total. The van der Waals surface area contributed by atoms with Crippen LogP contribution in [-0.4, -0.2) is 18.2 Å². The molecule has 2 aromatic carbocycles. The van der Waals surface area contributed by atoms with Gasteiger partial charge in [-0.25, -0.2) is 0 Å². The number of hydrogen-bond donors (Lipinski definition) is 2. The van der Waals surface area contributed by atoms with Crippen molar-refractivity contribution in [1.29, 1.82) is 0 Å². The number of aromatic hydroxyl groups is 1. The highest BCUT2D eigenvalue weighted by atomic mass is 16.5. The van der Waals surface area contributed by atoms with E-state index in [1.54, 1.807) is 12.1 Å². The third-order valence-corrected chi connectivity index (χ3v) is 4.05. The van der Waals surface area contributed by atoms with E-state index >= 15 is 0 Å². The molecular formula is C16H15NO2. The summed E-state index contributed by atoms with van der Waals surface area (Å²) in [6.45, 7) is 3.74. The number of aryl methyl sites for hydroxylation is 1. The zero-order chi connectivity index (χ0) is 13.0. The van der Waals surface area contributed by atoms with Crippen LogP contribution in [-0.2, 0) is 5.60 Å². The van der Waals surface area contributed by atoms with Crippen LogP contribution in [0.25, 0.3) is 11.1 Å². The van der Waals surface area contributed by atoms with Gasteiger partial charge in [-0.3, -0.25) is 0 Å². The Balaban J connectivity index is 2.00. The van der Waals surface area contributed by atoms with Crippen LogP contribution < -0.4 is 10.1 Å². The second-order valence-electron chi connectivity index (χ2n) is 5.43. The van der Waals surface area contributed by atoms with Gasteiger partial charge in [0.1, 0.15) is 11.5 Å². The Morgan fingerprint density at radius 2 is 1.89 bits per heavy atom. The van der Waals surface area contributed by atoms with Gasteiger partial charge in [0.25, 0.3) is 0 Å². The minimum atomic E-state index is -0.262. The van der Waals surface area contributed by atoms with Crippen LogP contribution >= 0.6 is 0 Å². The molecule has 1 spiro atoms. The van der Waals surface area contributed by atoms with Crippen LogP contribution in [0.1, 0.15) is 11.1 Å². The van der Waals surface area contributed by atoms with Crippen LogP contribution in [0.3, 0.4) is 0 Å². The molecule has 2 aromatic rings. The summed E-state index contributed by atoms with van der Waals surface area (Å²) < 4.78 is 6.20. The number of fused-ring (bicyclic) bond motifs is 4. The molecule has 2 aliphatic heterocycles. The lowest BCUT2D eigenvalue weighted by Gasteiger charge is -2.47. The van der Waals surface area contributed by atoms with Crippen molar-refractivity contribution in [3.63, 3.8) is 0 Å². The molecule has 0 unspecified atom stereocenters. The van der Waals surface area contributed by atoms with Gasteiger partial charge in [0.05, 0.1) is 0 Å². The molecule has 2 aliphatic rings. The third-order valence-electron chi connectivity index (χ3n) is 4.05. The molecule has 1 saturated heterocycles. The van der Waals surface area contributed by atoms with E-state index in [2.05, 4.69) is 30.4 Å². The van der Waals surface area contributed by atoms with Gasteiger partial charge in [-0.05, 0) is 24.6 Å². The molecule has 3 nitrogen and oxygen atoms in total. The standard InChI is InChI=1S/C16H15NO2/c1-10-2-4-12-13-5-3-11(18)7-15(13)19-16(8-17-9-16)14(12)6-10/h2-7,17-18H,8-9H2,1H3. The Kier molecular flexibility index (Phi) is 2.01. The first-order chi connectivity index (χ1) is 9.18. The third kappa shape index (κ3) is 1.42. The smallest absolute Gasteiger partial charge is 0.159 e.